The van der Waals surface area contributed by atoms with E-state index in [0.29, 0.717) is 6.54 Å². The molecule has 0 unspecified atom stereocenters. The van der Waals surface area contributed by atoms with Crippen LogP contribution >= 0.6 is 22.6 Å². The molecule has 2 rings (SSSR count). The van der Waals surface area contributed by atoms with Gasteiger partial charge < -0.3 is 5.32 Å². The largest absolute Gasteiger partial charge is 0.324 e. The number of likely N-dealkylation sites (tertiary alicyclic amines) is 1. The molecular weight excluding hydrogens is 429 g/mol. The van der Waals surface area contributed by atoms with Crippen molar-refractivity contribution in [3.63, 3.8) is 0 Å². The number of piperidine rings is 1. The molecule has 1 saturated heterocycles. The monoisotopic (exact) mass is 451 g/mol. The number of hydrogen-bond acceptors (Lipinski definition) is 4. The van der Waals surface area contributed by atoms with Gasteiger partial charge in [-0.25, -0.2) is 12.7 Å². The summed E-state index contributed by atoms with van der Waals surface area (Å²) in [6.45, 7) is 1.79. The number of carbonyl (C=O) groups excluding carboxylic acids is 1. The molecule has 1 aromatic carbocycles. The van der Waals surface area contributed by atoms with E-state index in [2.05, 4.69) is 32.8 Å². The van der Waals surface area contributed by atoms with Crippen LogP contribution in [0.3, 0.4) is 0 Å². The molecule has 0 aromatic heterocycles. The van der Waals surface area contributed by atoms with Gasteiger partial charge in [0.25, 0.3) is 0 Å². The predicted octanol–water partition coefficient (Wildman–Crippen LogP) is 1.59. The predicted molar refractivity (Wildman–Crippen MR) is 99.9 cm³/mol. The minimum Gasteiger partial charge on any atom is -0.324 e. The summed E-state index contributed by atoms with van der Waals surface area (Å²) in [4.78, 5) is 14.2. The van der Waals surface area contributed by atoms with Crippen molar-refractivity contribution in [3.8, 4) is 0 Å². The second-order valence-electron chi connectivity index (χ2n) is 5.81. The summed E-state index contributed by atoms with van der Waals surface area (Å²) < 4.78 is 25.6. The number of rotatable bonds is 5. The molecular formula is C15H22IN3O3S. The topological polar surface area (TPSA) is 69.7 Å². The van der Waals surface area contributed by atoms with Crippen LogP contribution < -0.4 is 5.32 Å². The van der Waals surface area contributed by atoms with Crippen LogP contribution in [0.25, 0.3) is 0 Å². The van der Waals surface area contributed by atoms with Gasteiger partial charge in [0.15, 0.2) is 0 Å². The molecule has 128 valence electrons. The Morgan fingerprint density at radius 2 is 1.96 bits per heavy atom. The lowest BCUT2D eigenvalue weighted by molar-refractivity contribution is -0.117. The van der Waals surface area contributed by atoms with Crippen LogP contribution in [0.15, 0.2) is 24.3 Å². The maximum Gasteiger partial charge on any atom is 0.238 e. The molecule has 0 aliphatic carbocycles. The van der Waals surface area contributed by atoms with Gasteiger partial charge >= 0.3 is 0 Å². The fraction of sp³-hybridized carbons (Fsp3) is 0.533. The number of carbonyl (C=O) groups is 1. The minimum absolute atomic E-state index is 0.0272. The van der Waals surface area contributed by atoms with E-state index in [0.717, 1.165) is 35.2 Å². The average molecular weight is 451 g/mol. The quantitative estimate of drug-likeness (QED) is 0.691. The Balaban J connectivity index is 1.82. The van der Waals surface area contributed by atoms with Crippen molar-refractivity contribution in [2.75, 3.05) is 38.3 Å². The molecule has 1 aromatic rings. The maximum absolute atomic E-state index is 12.1. The molecule has 1 heterocycles. The van der Waals surface area contributed by atoms with Crippen LogP contribution in [-0.2, 0) is 14.8 Å². The SMILES string of the molecule is CN(C1CCN(CC(=O)Nc2ccccc2I)CC1)S(C)(=O)=O. The molecule has 0 bridgehead atoms. The van der Waals surface area contributed by atoms with E-state index in [1.54, 1.807) is 7.05 Å². The zero-order chi connectivity index (χ0) is 17.0. The van der Waals surface area contributed by atoms with E-state index in [4.69, 9.17) is 0 Å². The highest BCUT2D eigenvalue weighted by atomic mass is 127. The molecule has 1 amide bonds. The summed E-state index contributed by atoms with van der Waals surface area (Å²) in [7, 11) is -1.53. The highest BCUT2D eigenvalue weighted by molar-refractivity contribution is 14.1. The van der Waals surface area contributed by atoms with Gasteiger partial charge in [0.05, 0.1) is 18.5 Å². The number of halogens is 1. The Morgan fingerprint density at radius 1 is 1.35 bits per heavy atom. The zero-order valence-corrected chi connectivity index (χ0v) is 16.3. The van der Waals surface area contributed by atoms with Crippen LogP contribution in [0.4, 0.5) is 5.69 Å². The van der Waals surface area contributed by atoms with Gasteiger partial charge in [0.2, 0.25) is 15.9 Å². The lowest BCUT2D eigenvalue weighted by Crippen LogP contribution is -2.47. The summed E-state index contributed by atoms with van der Waals surface area (Å²) in [5, 5.41) is 2.92. The molecule has 8 heteroatoms. The normalized spacial score (nSPS) is 17.4. The van der Waals surface area contributed by atoms with Gasteiger partial charge in [-0.3, -0.25) is 9.69 Å². The molecule has 1 aliphatic rings. The molecule has 1 fully saturated rings. The number of anilines is 1. The number of nitrogens with zero attached hydrogens (tertiary/aromatic N) is 2. The number of sulfonamides is 1. The van der Waals surface area contributed by atoms with Crippen molar-refractivity contribution in [1.29, 1.82) is 0 Å². The van der Waals surface area contributed by atoms with E-state index in [1.807, 2.05) is 24.3 Å². The molecule has 1 N–H and O–H groups in total. The van der Waals surface area contributed by atoms with E-state index < -0.39 is 10.0 Å². The van der Waals surface area contributed by atoms with Crippen molar-refractivity contribution < 1.29 is 13.2 Å². The first-order chi connectivity index (χ1) is 10.8. The smallest absolute Gasteiger partial charge is 0.238 e. The van der Waals surface area contributed by atoms with Crippen LogP contribution in [0, 0.1) is 3.57 Å². The standard InChI is InChI=1S/C15H22IN3O3S/c1-18(23(2,21)22)12-7-9-19(10-8-12)11-15(20)17-14-6-4-3-5-13(14)16/h3-6,12H,7-11H2,1-2H3,(H,17,20). The van der Waals surface area contributed by atoms with E-state index in [1.165, 1.54) is 10.6 Å². The van der Waals surface area contributed by atoms with Gasteiger partial charge in [-0.1, -0.05) is 12.1 Å². The lowest BCUT2D eigenvalue weighted by Gasteiger charge is -2.35. The molecule has 0 radical (unpaired) electrons. The Hall–Kier alpha value is -0.710. The van der Waals surface area contributed by atoms with Crippen molar-refractivity contribution in [3.05, 3.63) is 27.8 Å². The Kier molecular flexibility index (Phi) is 6.40. The Morgan fingerprint density at radius 3 is 2.52 bits per heavy atom. The lowest BCUT2D eigenvalue weighted by atomic mass is 10.1. The van der Waals surface area contributed by atoms with Gasteiger partial charge in [-0.15, -0.1) is 0 Å². The number of para-hydroxylation sites is 1. The number of benzene rings is 1. The van der Waals surface area contributed by atoms with Gasteiger partial charge in [0, 0.05) is 29.7 Å². The summed E-state index contributed by atoms with van der Waals surface area (Å²) >= 11 is 2.19. The summed E-state index contributed by atoms with van der Waals surface area (Å²) in [5.41, 5.74) is 0.824. The third-order valence-corrected chi connectivity index (χ3v) is 6.39. The van der Waals surface area contributed by atoms with E-state index in [9.17, 15) is 13.2 Å². The van der Waals surface area contributed by atoms with Gasteiger partial charge in [-0.2, -0.15) is 0 Å². The minimum atomic E-state index is -3.15. The highest BCUT2D eigenvalue weighted by Gasteiger charge is 2.27. The third kappa shape index (κ3) is 5.40. The van der Waals surface area contributed by atoms with Crippen molar-refractivity contribution in [1.82, 2.24) is 9.21 Å². The fourth-order valence-corrected chi connectivity index (χ4v) is 3.94. The number of amides is 1. The van der Waals surface area contributed by atoms with Crippen molar-refractivity contribution in [2.24, 2.45) is 0 Å². The third-order valence-electron chi connectivity index (χ3n) is 4.11. The summed E-state index contributed by atoms with van der Waals surface area (Å²) in [5.74, 6) is -0.0379. The molecule has 0 atom stereocenters. The first kappa shape index (κ1) is 18.6. The summed E-state index contributed by atoms with van der Waals surface area (Å²) in [6, 6.07) is 7.68. The molecule has 0 spiro atoms. The van der Waals surface area contributed by atoms with Crippen LogP contribution in [0.2, 0.25) is 0 Å². The molecule has 23 heavy (non-hydrogen) atoms. The van der Waals surface area contributed by atoms with Crippen molar-refractivity contribution in [2.45, 2.75) is 18.9 Å². The van der Waals surface area contributed by atoms with Crippen LogP contribution in [0.1, 0.15) is 12.8 Å². The van der Waals surface area contributed by atoms with Gasteiger partial charge in [-0.05, 0) is 47.6 Å². The van der Waals surface area contributed by atoms with Crippen LogP contribution in [-0.4, -0.2) is 62.5 Å². The second-order valence-corrected chi connectivity index (χ2v) is 9.02. The van der Waals surface area contributed by atoms with Gasteiger partial charge in [0.1, 0.15) is 0 Å². The van der Waals surface area contributed by atoms with Crippen LogP contribution in [0.5, 0.6) is 0 Å². The Bertz CT molecular complexity index is 658. The average Bonchev–Trinajstić information content (AvgIpc) is 2.49. The van der Waals surface area contributed by atoms with Crippen molar-refractivity contribution >= 4 is 44.2 Å². The highest BCUT2D eigenvalue weighted by Crippen LogP contribution is 2.19. The number of nitrogens with one attached hydrogen (secondary N) is 1. The second kappa shape index (κ2) is 7.91. The first-order valence-electron chi connectivity index (χ1n) is 7.47. The Labute approximate surface area is 151 Å². The number of hydrogen-bond donors (Lipinski definition) is 1. The zero-order valence-electron chi connectivity index (χ0n) is 13.3. The molecule has 6 nitrogen and oxygen atoms in total. The first-order valence-corrected chi connectivity index (χ1v) is 10.4. The molecule has 1 aliphatic heterocycles. The fourth-order valence-electron chi connectivity index (χ4n) is 2.67. The molecule has 0 saturated carbocycles. The van der Waals surface area contributed by atoms with E-state index >= 15 is 0 Å². The van der Waals surface area contributed by atoms with E-state index in [-0.39, 0.29) is 11.9 Å². The maximum atomic E-state index is 12.1. The summed E-state index contributed by atoms with van der Waals surface area (Å²) in [6.07, 6.45) is 2.73.